The number of nitrogens with one attached hydrogen (secondary N) is 1. The number of rotatable bonds is 10. The van der Waals surface area contributed by atoms with Gasteiger partial charge in [0.1, 0.15) is 18.3 Å². The molecule has 1 aromatic carbocycles. The molecular formula is C20H35N3O7. The van der Waals surface area contributed by atoms with Crippen LogP contribution in [0.1, 0.15) is 25.8 Å². The van der Waals surface area contributed by atoms with E-state index in [1.807, 2.05) is 30.3 Å². The molecule has 10 atom stereocenters. The van der Waals surface area contributed by atoms with Crippen molar-refractivity contribution in [2.75, 3.05) is 0 Å². The first kappa shape index (κ1) is 25.1. The van der Waals surface area contributed by atoms with E-state index in [1.165, 1.54) is 13.8 Å². The summed E-state index contributed by atoms with van der Waals surface area (Å²) in [6, 6.07) is 8.43. The number of aliphatic hydroxyl groups excluding tert-OH is 5. The molecule has 10 heteroatoms. The number of ether oxygens (including phenoxy) is 2. The summed E-state index contributed by atoms with van der Waals surface area (Å²) in [6.45, 7) is 3.31. The third kappa shape index (κ3) is 6.66. The lowest BCUT2D eigenvalue weighted by Gasteiger charge is -2.43. The molecule has 10 nitrogen and oxygen atoms in total. The summed E-state index contributed by atoms with van der Waals surface area (Å²) < 4.78 is 11.0. The van der Waals surface area contributed by atoms with Crippen molar-refractivity contribution in [2.45, 2.75) is 88.0 Å². The van der Waals surface area contributed by atoms with Gasteiger partial charge in [-0.15, -0.1) is 0 Å². The van der Waals surface area contributed by atoms with E-state index in [0.717, 1.165) is 5.56 Å². The Hall–Kier alpha value is -1.18. The van der Waals surface area contributed by atoms with Crippen molar-refractivity contribution >= 4 is 0 Å². The van der Waals surface area contributed by atoms with Crippen LogP contribution in [-0.2, 0) is 16.0 Å². The second-order valence-corrected chi connectivity index (χ2v) is 7.90. The van der Waals surface area contributed by atoms with Gasteiger partial charge in [-0.2, -0.15) is 0 Å². The fourth-order valence-corrected chi connectivity index (χ4v) is 3.62. The molecule has 0 aliphatic heterocycles. The topological polar surface area (TPSA) is 184 Å². The fraction of sp³-hybridized carbons (Fsp3) is 0.700. The van der Waals surface area contributed by atoms with Crippen LogP contribution in [0.4, 0.5) is 0 Å². The minimum atomic E-state index is -1.63. The van der Waals surface area contributed by atoms with Crippen LogP contribution in [0.3, 0.4) is 0 Å². The summed E-state index contributed by atoms with van der Waals surface area (Å²) in [5.41, 5.74) is 12.7. The molecule has 0 aromatic heterocycles. The Morgan fingerprint density at radius 1 is 1.07 bits per heavy atom. The van der Waals surface area contributed by atoms with Crippen molar-refractivity contribution in [3.05, 3.63) is 35.9 Å². The second-order valence-electron chi connectivity index (χ2n) is 7.90. The summed E-state index contributed by atoms with van der Waals surface area (Å²) in [7, 11) is 0. The Labute approximate surface area is 176 Å². The lowest BCUT2D eigenvalue weighted by Crippen LogP contribution is -2.64. The Morgan fingerprint density at radius 3 is 2.20 bits per heavy atom. The van der Waals surface area contributed by atoms with Gasteiger partial charge in [0.25, 0.3) is 0 Å². The molecule has 1 aromatic rings. The lowest BCUT2D eigenvalue weighted by atomic mass is 9.84. The summed E-state index contributed by atoms with van der Waals surface area (Å²) in [5.74, 6) is 0. The Balaban J connectivity index is 2.01. The molecule has 1 aliphatic carbocycles. The molecule has 6 unspecified atom stereocenters. The van der Waals surface area contributed by atoms with E-state index >= 15 is 0 Å². The quantitative estimate of drug-likeness (QED) is 0.189. The van der Waals surface area contributed by atoms with E-state index in [4.69, 9.17) is 20.9 Å². The van der Waals surface area contributed by atoms with Crippen LogP contribution in [0.2, 0.25) is 0 Å². The van der Waals surface area contributed by atoms with Gasteiger partial charge in [0.2, 0.25) is 0 Å². The van der Waals surface area contributed by atoms with Gasteiger partial charge < -0.3 is 51.8 Å². The van der Waals surface area contributed by atoms with Crippen LogP contribution in [-0.4, -0.2) is 86.8 Å². The summed E-state index contributed by atoms with van der Waals surface area (Å²) in [5, 5.41) is 53.7. The average molecular weight is 430 g/mol. The number of aliphatic hydroxyl groups is 5. The number of nitrogens with two attached hydrogens (primary N) is 2. The normalized spacial score (nSPS) is 32.2. The minimum absolute atomic E-state index is 0.291. The predicted molar refractivity (Wildman–Crippen MR) is 109 cm³/mol. The summed E-state index contributed by atoms with van der Waals surface area (Å²) in [4.78, 5) is 0. The maximum absolute atomic E-state index is 10.6. The van der Waals surface area contributed by atoms with Gasteiger partial charge in [0, 0.05) is 18.6 Å². The number of benzene rings is 1. The van der Waals surface area contributed by atoms with Crippen molar-refractivity contribution in [1.29, 1.82) is 0 Å². The Morgan fingerprint density at radius 2 is 1.67 bits per heavy atom. The molecule has 172 valence electrons. The number of hydrogen-bond donors (Lipinski definition) is 8. The highest BCUT2D eigenvalue weighted by atomic mass is 16.7. The van der Waals surface area contributed by atoms with E-state index in [2.05, 4.69) is 5.32 Å². The third-order valence-corrected chi connectivity index (χ3v) is 5.27. The highest BCUT2D eigenvalue weighted by molar-refractivity contribution is 5.14. The molecule has 0 spiro atoms. The zero-order chi connectivity index (χ0) is 22.4. The van der Waals surface area contributed by atoms with Crippen LogP contribution in [0, 0.1) is 0 Å². The van der Waals surface area contributed by atoms with Crippen LogP contribution < -0.4 is 16.8 Å². The standard InChI is InChI=1S/C20H35N3O7/c1-10(24)17(11(2)25)29-20(19(22)28)30-18-13(21)8-14(15(26)16(18)27)23-9-12-6-4-3-5-7-12/h3-7,10-11,13-20,23-28H,8-9,21-22H2,1-2H3/t10-,11+,13?,14-,15?,16?,17?,18?,19-,20?/m0/s1. The minimum Gasteiger partial charge on any atom is -0.391 e. The number of hydrogen-bond acceptors (Lipinski definition) is 10. The highest BCUT2D eigenvalue weighted by Gasteiger charge is 2.44. The van der Waals surface area contributed by atoms with Gasteiger partial charge in [0.15, 0.2) is 12.5 Å². The predicted octanol–water partition coefficient (Wildman–Crippen LogP) is -2.27. The van der Waals surface area contributed by atoms with Crippen molar-refractivity contribution in [1.82, 2.24) is 5.32 Å². The van der Waals surface area contributed by atoms with Gasteiger partial charge in [-0.25, -0.2) is 0 Å². The van der Waals surface area contributed by atoms with Gasteiger partial charge in [-0.3, -0.25) is 0 Å². The van der Waals surface area contributed by atoms with E-state index < -0.39 is 61.2 Å². The zero-order valence-corrected chi connectivity index (χ0v) is 17.3. The lowest BCUT2D eigenvalue weighted by molar-refractivity contribution is -0.280. The Bertz CT molecular complexity index is 612. The maximum Gasteiger partial charge on any atom is 0.197 e. The van der Waals surface area contributed by atoms with Gasteiger partial charge in [-0.1, -0.05) is 30.3 Å². The molecule has 1 fully saturated rings. The molecule has 2 rings (SSSR count). The molecule has 0 bridgehead atoms. The fourth-order valence-electron chi connectivity index (χ4n) is 3.62. The van der Waals surface area contributed by atoms with E-state index in [0.29, 0.717) is 13.0 Å². The van der Waals surface area contributed by atoms with E-state index in [-0.39, 0.29) is 0 Å². The van der Waals surface area contributed by atoms with E-state index in [9.17, 15) is 25.5 Å². The molecule has 1 aliphatic rings. The first-order chi connectivity index (χ1) is 14.1. The molecule has 0 radical (unpaired) electrons. The van der Waals surface area contributed by atoms with Crippen LogP contribution >= 0.6 is 0 Å². The molecule has 30 heavy (non-hydrogen) atoms. The Kier molecular flexibility index (Phi) is 9.57. The molecule has 0 saturated heterocycles. The van der Waals surface area contributed by atoms with Crippen LogP contribution in [0.5, 0.6) is 0 Å². The summed E-state index contributed by atoms with van der Waals surface area (Å²) in [6.07, 6.45) is -9.69. The second kappa shape index (κ2) is 11.4. The highest BCUT2D eigenvalue weighted by Crippen LogP contribution is 2.25. The van der Waals surface area contributed by atoms with Crippen LogP contribution in [0.15, 0.2) is 30.3 Å². The maximum atomic E-state index is 10.6. The smallest absolute Gasteiger partial charge is 0.197 e. The van der Waals surface area contributed by atoms with Gasteiger partial charge >= 0.3 is 0 Å². The monoisotopic (exact) mass is 429 g/mol. The van der Waals surface area contributed by atoms with Gasteiger partial charge in [-0.05, 0) is 25.8 Å². The van der Waals surface area contributed by atoms with Crippen molar-refractivity contribution in [3.63, 3.8) is 0 Å². The average Bonchev–Trinajstić information content (AvgIpc) is 2.69. The van der Waals surface area contributed by atoms with Crippen molar-refractivity contribution in [3.8, 4) is 0 Å². The molecule has 0 heterocycles. The van der Waals surface area contributed by atoms with Crippen molar-refractivity contribution < 1.29 is 35.0 Å². The van der Waals surface area contributed by atoms with Gasteiger partial charge in [0.05, 0.1) is 18.3 Å². The SMILES string of the molecule is C[C@H](O)C(OC(OC1C(N)C[C@H](NCc2ccccc2)C(O)C1O)[C@@H](N)O)[C@@H](C)O. The third-order valence-electron chi connectivity index (χ3n) is 5.27. The first-order valence-corrected chi connectivity index (χ1v) is 10.1. The first-order valence-electron chi connectivity index (χ1n) is 10.1. The molecule has 0 amide bonds. The largest absolute Gasteiger partial charge is 0.391 e. The van der Waals surface area contributed by atoms with E-state index in [1.54, 1.807) is 0 Å². The molecule has 1 saturated carbocycles. The summed E-state index contributed by atoms with van der Waals surface area (Å²) >= 11 is 0. The van der Waals surface area contributed by atoms with Crippen molar-refractivity contribution in [2.24, 2.45) is 11.5 Å². The zero-order valence-electron chi connectivity index (χ0n) is 17.3. The van der Waals surface area contributed by atoms with Crippen LogP contribution in [0.25, 0.3) is 0 Å². The molecular weight excluding hydrogens is 394 g/mol. The molecule has 10 N–H and O–H groups in total.